The van der Waals surface area contributed by atoms with Crippen molar-refractivity contribution in [2.75, 3.05) is 24.1 Å². The van der Waals surface area contributed by atoms with Crippen LogP contribution in [-0.2, 0) is 4.79 Å². The highest BCUT2D eigenvalue weighted by atomic mass is 16.1. The molecule has 0 bridgehead atoms. The van der Waals surface area contributed by atoms with E-state index in [1.165, 1.54) is 0 Å². The second kappa shape index (κ2) is 5.30. The van der Waals surface area contributed by atoms with E-state index >= 15 is 0 Å². The maximum Gasteiger partial charge on any atom is 0.239 e. The Kier molecular flexibility index (Phi) is 3.56. The molecule has 0 saturated heterocycles. The zero-order valence-corrected chi connectivity index (χ0v) is 10.0. The normalized spacial score (nSPS) is 10.5. The Morgan fingerprint density at radius 2 is 2.33 bits per heavy atom. The van der Waals surface area contributed by atoms with Gasteiger partial charge in [-0.05, 0) is 6.42 Å². The Bertz CT molecular complexity index is 550. The van der Waals surface area contributed by atoms with E-state index in [0.717, 1.165) is 6.42 Å². The van der Waals surface area contributed by atoms with E-state index in [-0.39, 0.29) is 18.4 Å². The Hall–Kier alpha value is -2.38. The lowest BCUT2D eigenvalue weighted by molar-refractivity contribution is -0.119. The van der Waals surface area contributed by atoms with Gasteiger partial charge in [-0.2, -0.15) is 15.1 Å². The number of nitrogens with one attached hydrogen (secondary N) is 3. The van der Waals surface area contributed by atoms with E-state index < -0.39 is 0 Å². The van der Waals surface area contributed by atoms with Crippen LogP contribution in [0.15, 0.2) is 6.20 Å². The molecular formula is C10H15N7O. The number of aromatic amines is 1. The quantitative estimate of drug-likeness (QED) is 0.585. The van der Waals surface area contributed by atoms with E-state index in [1.54, 1.807) is 6.20 Å². The van der Waals surface area contributed by atoms with Crippen molar-refractivity contribution in [3.05, 3.63) is 6.20 Å². The smallest absolute Gasteiger partial charge is 0.239 e. The van der Waals surface area contributed by atoms with Crippen LogP contribution in [0.2, 0.25) is 0 Å². The molecule has 8 heteroatoms. The van der Waals surface area contributed by atoms with Crippen molar-refractivity contribution in [1.82, 2.24) is 25.5 Å². The van der Waals surface area contributed by atoms with Crippen LogP contribution in [0, 0.1) is 0 Å². The van der Waals surface area contributed by atoms with Crippen LogP contribution < -0.4 is 16.4 Å². The Balaban J connectivity index is 2.07. The minimum absolute atomic E-state index is 0.0920. The van der Waals surface area contributed by atoms with Gasteiger partial charge in [-0.15, -0.1) is 0 Å². The molecule has 0 atom stereocenters. The third kappa shape index (κ3) is 2.65. The van der Waals surface area contributed by atoms with Gasteiger partial charge >= 0.3 is 0 Å². The second-order valence-electron chi connectivity index (χ2n) is 3.77. The first-order chi connectivity index (χ1) is 8.70. The number of hydrogen-bond acceptors (Lipinski definition) is 6. The van der Waals surface area contributed by atoms with E-state index in [2.05, 4.69) is 30.8 Å². The molecule has 0 fully saturated rings. The van der Waals surface area contributed by atoms with Crippen molar-refractivity contribution < 1.29 is 4.79 Å². The summed E-state index contributed by atoms with van der Waals surface area (Å²) in [6, 6.07) is 0. The molecule has 0 radical (unpaired) electrons. The number of aromatic nitrogens is 4. The summed E-state index contributed by atoms with van der Waals surface area (Å²) in [5, 5.41) is 12.9. The van der Waals surface area contributed by atoms with Gasteiger partial charge in [0.25, 0.3) is 0 Å². The number of nitrogens with zero attached hydrogens (tertiary/aromatic N) is 3. The van der Waals surface area contributed by atoms with Gasteiger partial charge in [-0.1, -0.05) is 6.92 Å². The number of fused-ring (bicyclic) bond motifs is 1. The van der Waals surface area contributed by atoms with E-state index in [0.29, 0.717) is 23.4 Å². The Morgan fingerprint density at radius 1 is 1.50 bits per heavy atom. The van der Waals surface area contributed by atoms with Crippen LogP contribution in [0.25, 0.3) is 11.0 Å². The Labute approximate surface area is 103 Å². The molecule has 0 unspecified atom stereocenters. The molecular weight excluding hydrogens is 234 g/mol. The maximum absolute atomic E-state index is 11.5. The Morgan fingerprint density at radius 3 is 3.11 bits per heavy atom. The number of rotatable bonds is 5. The fraction of sp³-hybridized carbons (Fsp3) is 0.400. The average molecular weight is 249 g/mol. The number of H-pyrrole nitrogens is 1. The lowest BCUT2D eigenvalue weighted by Gasteiger charge is -2.07. The first-order valence-electron chi connectivity index (χ1n) is 5.68. The molecule has 0 spiro atoms. The van der Waals surface area contributed by atoms with E-state index in [1.807, 2.05) is 6.92 Å². The average Bonchev–Trinajstić information content (AvgIpc) is 2.81. The van der Waals surface area contributed by atoms with Crippen molar-refractivity contribution in [3.8, 4) is 0 Å². The van der Waals surface area contributed by atoms with E-state index in [4.69, 9.17) is 5.73 Å². The van der Waals surface area contributed by atoms with Crippen LogP contribution >= 0.6 is 0 Å². The second-order valence-corrected chi connectivity index (χ2v) is 3.77. The molecule has 18 heavy (non-hydrogen) atoms. The standard InChI is InChI=1S/C10H15N7O/c1-2-3-12-7(18)5-13-8-6-4-14-17-9(6)16-10(11)15-8/h4H,2-3,5H2,1H3,(H,12,18)(H4,11,13,14,15,16,17). The molecule has 8 nitrogen and oxygen atoms in total. The number of amides is 1. The molecule has 0 aromatic carbocycles. The van der Waals surface area contributed by atoms with Crippen molar-refractivity contribution in [2.45, 2.75) is 13.3 Å². The zero-order valence-electron chi connectivity index (χ0n) is 10.0. The van der Waals surface area contributed by atoms with Gasteiger partial charge in [-0.25, -0.2) is 0 Å². The van der Waals surface area contributed by atoms with Crippen molar-refractivity contribution in [1.29, 1.82) is 0 Å². The summed E-state index contributed by atoms with van der Waals surface area (Å²) >= 11 is 0. The van der Waals surface area contributed by atoms with Gasteiger partial charge in [0.2, 0.25) is 11.9 Å². The lowest BCUT2D eigenvalue weighted by Crippen LogP contribution is -2.30. The molecule has 2 aromatic rings. The minimum Gasteiger partial charge on any atom is -0.368 e. The van der Waals surface area contributed by atoms with Crippen molar-refractivity contribution in [2.24, 2.45) is 0 Å². The first kappa shape index (κ1) is 12.1. The third-order valence-corrected chi connectivity index (χ3v) is 2.32. The summed E-state index contributed by atoms with van der Waals surface area (Å²) < 4.78 is 0. The summed E-state index contributed by atoms with van der Waals surface area (Å²) in [6.07, 6.45) is 2.49. The van der Waals surface area contributed by atoms with Crippen LogP contribution in [0.3, 0.4) is 0 Å². The summed E-state index contributed by atoms with van der Waals surface area (Å²) in [5.41, 5.74) is 6.10. The number of carbonyl (C=O) groups excluding carboxylic acids is 1. The molecule has 0 saturated carbocycles. The zero-order chi connectivity index (χ0) is 13.0. The highest BCUT2D eigenvalue weighted by Gasteiger charge is 2.08. The molecule has 0 aliphatic rings. The van der Waals surface area contributed by atoms with Crippen LogP contribution in [0.1, 0.15) is 13.3 Å². The molecule has 2 rings (SSSR count). The van der Waals surface area contributed by atoms with Crippen LogP contribution in [0.5, 0.6) is 0 Å². The van der Waals surface area contributed by atoms with Gasteiger partial charge in [0.05, 0.1) is 18.1 Å². The lowest BCUT2D eigenvalue weighted by atomic mass is 10.4. The first-order valence-corrected chi connectivity index (χ1v) is 5.68. The predicted molar refractivity (Wildman–Crippen MR) is 67.9 cm³/mol. The third-order valence-electron chi connectivity index (χ3n) is 2.32. The van der Waals surface area contributed by atoms with Crippen LogP contribution in [-0.4, -0.2) is 39.2 Å². The molecule has 2 aromatic heterocycles. The topological polar surface area (TPSA) is 122 Å². The number of anilines is 2. The van der Waals surface area contributed by atoms with E-state index in [9.17, 15) is 4.79 Å². The van der Waals surface area contributed by atoms with Gasteiger partial charge < -0.3 is 16.4 Å². The highest BCUT2D eigenvalue weighted by Crippen LogP contribution is 2.18. The fourth-order valence-electron chi connectivity index (χ4n) is 1.48. The summed E-state index contributed by atoms with van der Waals surface area (Å²) in [4.78, 5) is 19.5. The summed E-state index contributed by atoms with van der Waals surface area (Å²) in [5.74, 6) is 0.534. The van der Waals surface area contributed by atoms with Gasteiger partial charge in [0.1, 0.15) is 5.82 Å². The number of nitrogens with two attached hydrogens (primary N) is 1. The SMILES string of the molecule is CCCNC(=O)CNc1nc(N)nc2[nH]ncc12. The largest absolute Gasteiger partial charge is 0.368 e. The van der Waals surface area contributed by atoms with Gasteiger partial charge in [0, 0.05) is 6.54 Å². The molecule has 2 heterocycles. The summed E-state index contributed by atoms with van der Waals surface area (Å²) in [6.45, 7) is 2.79. The van der Waals surface area contributed by atoms with Crippen LogP contribution in [0.4, 0.5) is 11.8 Å². The molecule has 1 amide bonds. The number of hydrogen-bond donors (Lipinski definition) is 4. The summed E-state index contributed by atoms with van der Waals surface area (Å²) in [7, 11) is 0. The molecule has 96 valence electrons. The predicted octanol–water partition coefficient (Wildman–Crippen LogP) is -0.127. The van der Waals surface area contributed by atoms with Gasteiger partial charge in [-0.3, -0.25) is 9.89 Å². The monoisotopic (exact) mass is 249 g/mol. The molecule has 0 aliphatic heterocycles. The number of carbonyl (C=O) groups is 1. The van der Waals surface area contributed by atoms with Crippen molar-refractivity contribution >= 4 is 28.7 Å². The molecule has 5 N–H and O–H groups in total. The van der Waals surface area contributed by atoms with Crippen molar-refractivity contribution in [3.63, 3.8) is 0 Å². The number of nitrogen functional groups attached to an aromatic ring is 1. The van der Waals surface area contributed by atoms with Gasteiger partial charge in [0.15, 0.2) is 5.65 Å². The highest BCUT2D eigenvalue weighted by molar-refractivity contribution is 5.89. The minimum atomic E-state index is -0.0920. The molecule has 0 aliphatic carbocycles. The fourth-order valence-corrected chi connectivity index (χ4v) is 1.48. The maximum atomic E-state index is 11.5.